The third kappa shape index (κ3) is 5.42. The lowest BCUT2D eigenvalue weighted by Gasteiger charge is -2.24. The van der Waals surface area contributed by atoms with E-state index in [0.717, 1.165) is 21.2 Å². The van der Waals surface area contributed by atoms with Crippen LogP contribution in [0.5, 0.6) is 5.75 Å². The van der Waals surface area contributed by atoms with E-state index in [1.165, 1.54) is 11.3 Å². The van der Waals surface area contributed by atoms with Crippen LogP contribution in [0.3, 0.4) is 0 Å². The monoisotopic (exact) mass is 588 g/mol. The van der Waals surface area contributed by atoms with E-state index in [1.54, 1.807) is 18.4 Å². The number of allylic oxidation sites excluding steroid dienone is 1. The maximum absolute atomic E-state index is 13.8. The quantitative estimate of drug-likeness (QED) is 0.280. The molecule has 8 heteroatoms. The van der Waals surface area contributed by atoms with Gasteiger partial charge in [0.1, 0.15) is 12.4 Å². The highest BCUT2D eigenvalue weighted by atomic mass is 79.9. The smallest absolute Gasteiger partial charge is 0.338 e. The Balaban J connectivity index is 1.55. The van der Waals surface area contributed by atoms with Gasteiger partial charge in [-0.2, -0.15) is 0 Å². The summed E-state index contributed by atoms with van der Waals surface area (Å²) in [6.45, 7) is 4.23. The maximum atomic E-state index is 13.8. The van der Waals surface area contributed by atoms with Crippen LogP contribution in [0.15, 0.2) is 104 Å². The van der Waals surface area contributed by atoms with Crippen LogP contribution >= 0.6 is 27.3 Å². The number of fused-ring (bicyclic) bond motifs is 1. The van der Waals surface area contributed by atoms with E-state index in [1.807, 2.05) is 84.9 Å². The lowest BCUT2D eigenvalue weighted by molar-refractivity contribution is -0.139. The van der Waals surface area contributed by atoms with Gasteiger partial charge in [0.05, 0.1) is 28.5 Å². The topological polar surface area (TPSA) is 69.9 Å². The Bertz CT molecular complexity index is 1690. The second kappa shape index (κ2) is 11.3. The van der Waals surface area contributed by atoms with Crippen molar-refractivity contribution in [2.24, 2.45) is 4.99 Å². The first kappa shape index (κ1) is 25.9. The summed E-state index contributed by atoms with van der Waals surface area (Å²) in [6.07, 6.45) is 1.83. The molecule has 0 aliphatic carbocycles. The Morgan fingerprint density at radius 1 is 1.08 bits per heavy atom. The van der Waals surface area contributed by atoms with Gasteiger partial charge < -0.3 is 9.47 Å². The largest absolute Gasteiger partial charge is 0.489 e. The van der Waals surface area contributed by atoms with Crippen molar-refractivity contribution in [2.45, 2.75) is 26.5 Å². The lowest BCUT2D eigenvalue weighted by atomic mass is 9.96. The standard InChI is InChI=1S/C30H25BrN2O4S/c1-3-36-29(35)26-19(2)32-30-33(27(26)22-12-14-23(31)15-13-22)28(34)25(38-30)17-21-10-7-11-24(16-21)37-18-20-8-5-4-6-9-20/h4-17,27H,3,18H2,1-2H3/b25-17+/t27-/m1/s1. The van der Waals surface area contributed by atoms with Gasteiger partial charge in [-0.15, -0.1) is 0 Å². The summed E-state index contributed by atoms with van der Waals surface area (Å²) < 4.78 is 14.3. The zero-order chi connectivity index (χ0) is 26.6. The minimum absolute atomic E-state index is 0.216. The number of carbonyl (C=O) groups is 1. The number of rotatable bonds is 7. The first-order chi connectivity index (χ1) is 18.4. The molecule has 1 aliphatic heterocycles. The highest BCUT2D eigenvalue weighted by Gasteiger charge is 2.33. The zero-order valence-electron chi connectivity index (χ0n) is 20.9. The number of aromatic nitrogens is 1. The van der Waals surface area contributed by atoms with E-state index in [0.29, 0.717) is 33.0 Å². The summed E-state index contributed by atoms with van der Waals surface area (Å²) in [4.78, 5) is 31.9. The Hall–Kier alpha value is -3.75. The molecule has 0 N–H and O–H groups in total. The summed E-state index contributed by atoms with van der Waals surface area (Å²) >= 11 is 4.76. The van der Waals surface area contributed by atoms with Gasteiger partial charge in [0.25, 0.3) is 5.56 Å². The molecular formula is C30H25BrN2O4S. The van der Waals surface area contributed by atoms with E-state index in [2.05, 4.69) is 20.9 Å². The van der Waals surface area contributed by atoms with Gasteiger partial charge in [-0.05, 0) is 60.9 Å². The van der Waals surface area contributed by atoms with Crippen molar-refractivity contribution in [1.29, 1.82) is 0 Å². The summed E-state index contributed by atoms with van der Waals surface area (Å²) in [6, 6.07) is 24.5. The maximum Gasteiger partial charge on any atom is 0.338 e. The van der Waals surface area contributed by atoms with Crippen molar-refractivity contribution in [2.75, 3.05) is 6.61 Å². The predicted molar refractivity (Wildman–Crippen MR) is 152 cm³/mol. The average Bonchev–Trinajstić information content (AvgIpc) is 3.22. The van der Waals surface area contributed by atoms with Crippen molar-refractivity contribution in [3.05, 3.63) is 131 Å². The second-order valence-electron chi connectivity index (χ2n) is 8.70. The lowest BCUT2D eigenvalue weighted by Crippen LogP contribution is -2.39. The number of hydrogen-bond donors (Lipinski definition) is 0. The molecule has 0 saturated carbocycles. The van der Waals surface area contributed by atoms with Crippen LogP contribution in [-0.2, 0) is 16.1 Å². The normalized spacial score (nSPS) is 15.1. The molecule has 0 bridgehead atoms. The number of carbonyl (C=O) groups excluding carboxylic acids is 1. The molecule has 0 spiro atoms. The summed E-state index contributed by atoms with van der Waals surface area (Å²) in [5.41, 5.74) is 3.40. The van der Waals surface area contributed by atoms with Crippen LogP contribution in [0.2, 0.25) is 0 Å². The summed E-state index contributed by atoms with van der Waals surface area (Å²) in [5, 5.41) is 0. The SMILES string of the molecule is CCOC(=O)C1=C(C)N=c2s/c(=C/c3cccc(OCc4ccccc4)c3)c(=O)n2[C@@H]1c1ccc(Br)cc1. The minimum atomic E-state index is -0.638. The Labute approximate surface area is 232 Å². The fraction of sp³-hybridized carbons (Fsp3) is 0.167. The van der Waals surface area contributed by atoms with E-state index < -0.39 is 12.0 Å². The number of hydrogen-bond acceptors (Lipinski definition) is 6. The number of halogens is 1. The number of benzene rings is 3. The van der Waals surface area contributed by atoms with Crippen LogP contribution < -0.4 is 19.6 Å². The van der Waals surface area contributed by atoms with Gasteiger partial charge in [0.2, 0.25) is 0 Å². The van der Waals surface area contributed by atoms with Crippen LogP contribution in [-0.4, -0.2) is 17.1 Å². The van der Waals surface area contributed by atoms with Crippen molar-refractivity contribution < 1.29 is 14.3 Å². The molecule has 0 fully saturated rings. The fourth-order valence-electron chi connectivity index (χ4n) is 4.34. The summed E-state index contributed by atoms with van der Waals surface area (Å²) in [7, 11) is 0. The average molecular weight is 590 g/mol. The third-order valence-corrected chi connectivity index (χ3v) is 7.62. The molecule has 1 aliphatic rings. The zero-order valence-corrected chi connectivity index (χ0v) is 23.3. The number of nitrogens with zero attached hydrogens (tertiary/aromatic N) is 2. The van der Waals surface area contributed by atoms with Gasteiger partial charge in [0.15, 0.2) is 4.80 Å². The van der Waals surface area contributed by atoms with Crippen molar-refractivity contribution in [3.8, 4) is 5.75 Å². The van der Waals surface area contributed by atoms with Crippen molar-refractivity contribution in [1.82, 2.24) is 4.57 Å². The van der Waals surface area contributed by atoms with Gasteiger partial charge >= 0.3 is 5.97 Å². The van der Waals surface area contributed by atoms with E-state index in [4.69, 9.17) is 9.47 Å². The molecular weight excluding hydrogens is 564 g/mol. The molecule has 1 atom stereocenters. The first-order valence-electron chi connectivity index (χ1n) is 12.2. The van der Waals surface area contributed by atoms with Crippen LogP contribution in [0.4, 0.5) is 0 Å². The van der Waals surface area contributed by atoms with Crippen molar-refractivity contribution in [3.63, 3.8) is 0 Å². The van der Waals surface area contributed by atoms with E-state index >= 15 is 0 Å². The molecule has 0 amide bonds. The Kier molecular flexibility index (Phi) is 7.72. The third-order valence-electron chi connectivity index (χ3n) is 6.11. The molecule has 3 aromatic carbocycles. The molecule has 1 aromatic heterocycles. The van der Waals surface area contributed by atoms with Crippen LogP contribution in [0, 0.1) is 0 Å². The first-order valence-corrected chi connectivity index (χ1v) is 13.8. The van der Waals surface area contributed by atoms with E-state index in [-0.39, 0.29) is 12.2 Å². The highest BCUT2D eigenvalue weighted by molar-refractivity contribution is 9.10. The number of esters is 1. The molecule has 4 aromatic rings. The van der Waals surface area contributed by atoms with Gasteiger partial charge in [0, 0.05) is 4.47 Å². The molecule has 0 saturated heterocycles. The molecule has 6 nitrogen and oxygen atoms in total. The summed E-state index contributed by atoms with van der Waals surface area (Å²) in [5.74, 6) is 0.239. The van der Waals surface area contributed by atoms with Gasteiger partial charge in [-0.1, -0.05) is 81.9 Å². The Morgan fingerprint density at radius 2 is 1.84 bits per heavy atom. The predicted octanol–water partition coefficient (Wildman–Crippen LogP) is 5.14. The van der Waals surface area contributed by atoms with E-state index in [9.17, 15) is 9.59 Å². The second-order valence-corrected chi connectivity index (χ2v) is 10.6. The number of ether oxygens (including phenoxy) is 2. The highest BCUT2D eigenvalue weighted by Crippen LogP contribution is 2.31. The molecule has 2 heterocycles. The van der Waals surface area contributed by atoms with Gasteiger partial charge in [-0.25, -0.2) is 9.79 Å². The van der Waals surface area contributed by atoms with Crippen molar-refractivity contribution >= 4 is 39.3 Å². The van der Waals surface area contributed by atoms with Crippen LogP contribution in [0.1, 0.15) is 36.6 Å². The van der Waals surface area contributed by atoms with Gasteiger partial charge in [-0.3, -0.25) is 9.36 Å². The van der Waals surface area contributed by atoms with Crippen LogP contribution in [0.25, 0.3) is 6.08 Å². The minimum Gasteiger partial charge on any atom is -0.489 e. The molecule has 0 radical (unpaired) electrons. The number of thiazole rings is 1. The fourth-order valence-corrected chi connectivity index (χ4v) is 5.65. The molecule has 5 rings (SSSR count). The molecule has 38 heavy (non-hydrogen) atoms. The molecule has 192 valence electrons. The Morgan fingerprint density at radius 3 is 2.58 bits per heavy atom. The molecule has 0 unspecified atom stereocenters.